The lowest BCUT2D eigenvalue weighted by Gasteiger charge is -2.04. The van der Waals surface area contributed by atoms with Gasteiger partial charge in [-0.1, -0.05) is 17.8 Å². The second-order valence-corrected chi connectivity index (χ2v) is 2.73. The minimum absolute atomic E-state index is 0.570. The summed E-state index contributed by atoms with van der Waals surface area (Å²) < 4.78 is 5.05. The van der Waals surface area contributed by atoms with Gasteiger partial charge < -0.3 is 4.74 Å². The Hall–Kier alpha value is -1.10. The Morgan fingerprint density at radius 2 is 1.86 bits per heavy atom. The third-order valence-corrected chi connectivity index (χ3v) is 1.79. The van der Waals surface area contributed by atoms with Gasteiger partial charge in [-0.15, -0.1) is 0 Å². The van der Waals surface area contributed by atoms with Gasteiger partial charge in [-0.25, -0.2) is 0 Å². The molecule has 1 aromatic carbocycles. The van der Waals surface area contributed by atoms with Gasteiger partial charge in [0.05, 0.1) is 20.8 Å². The maximum absolute atomic E-state index is 5.05. The fourth-order valence-electron chi connectivity index (χ4n) is 1.06. The molecule has 0 bridgehead atoms. The molecule has 14 heavy (non-hydrogen) atoms. The van der Waals surface area contributed by atoms with Crippen molar-refractivity contribution >= 4 is 0 Å². The second kappa shape index (κ2) is 6.37. The van der Waals surface area contributed by atoms with Crippen molar-refractivity contribution in [2.75, 3.05) is 20.8 Å². The van der Waals surface area contributed by atoms with E-state index in [4.69, 9.17) is 9.57 Å². The van der Waals surface area contributed by atoms with Crippen LogP contribution in [0.2, 0.25) is 0 Å². The molecule has 0 aromatic heterocycles. The van der Waals surface area contributed by atoms with Crippen LogP contribution in [0.1, 0.15) is 5.56 Å². The maximum Gasteiger partial charge on any atom is 0.118 e. The van der Waals surface area contributed by atoms with Gasteiger partial charge in [-0.05, 0) is 24.1 Å². The Labute approximate surface area is 83.7 Å². The lowest BCUT2D eigenvalue weighted by Crippen LogP contribution is -2.14. The molecule has 1 aromatic rings. The molecule has 0 atom stereocenters. The molecule has 0 unspecified atom stereocenters. The first-order chi connectivity index (χ1) is 6.86. The number of ether oxygens (including phenoxy) is 1. The zero-order valence-electron chi connectivity index (χ0n) is 8.45. The van der Waals surface area contributed by atoms with Gasteiger partial charge in [0, 0.05) is 0 Å². The fraction of sp³-hybridized carbons (Fsp3) is 0.400. The summed E-state index contributed by atoms with van der Waals surface area (Å²) in [6.07, 6.45) is 0.834. The van der Waals surface area contributed by atoms with Crippen molar-refractivity contribution in [1.29, 1.82) is 0 Å². The number of hydrogen-bond donors (Lipinski definition) is 1. The van der Waals surface area contributed by atoms with Gasteiger partial charge >= 0.3 is 0 Å². The summed E-state index contributed by atoms with van der Waals surface area (Å²) in [6.45, 7) is 0.570. The lowest BCUT2D eigenvalue weighted by molar-refractivity contribution is -0.150. The molecule has 1 rings (SSSR count). The molecule has 0 saturated carbocycles. The Balaban J connectivity index is 2.29. The van der Waals surface area contributed by atoms with Crippen LogP contribution < -0.4 is 10.4 Å². The Bertz CT molecular complexity index is 248. The Kier molecular flexibility index (Phi) is 4.99. The summed E-state index contributed by atoms with van der Waals surface area (Å²) in [6, 6.07) is 7.88. The van der Waals surface area contributed by atoms with Crippen molar-refractivity contribution in [2.45, 2.75) is 6.42 Å². The quantitative estimate of drug-likeness (QED) is 0.551. The van der Waals surface area contributed by atoms with E-state index in [1.54, 1.807) is 7.11 Å². The topological polar surface area (TPSA) is 39.7 Å². The van der Waals surface area contributed by atoms with Crippen LogP contribution in [0.3, 0.4) is 0 Å². The summed E-state index contributed by atoms with van der Waals surface area (Å²) in [7, 11) is 3.16. The molecule has 0 heterocycles. The number of hydrogen-bond acceptors (Lipinski definition) is 4. The molecular formula is C10H15NO3. The minimum Gasteiger partial charge on any atom is -0.497 e. The van der Waals surface area contributed by atoms with Crippen molar-refractivity contribution in [1.82, 2.24) is 5.64 Å². The third kappa shape index (κ3) is 3.74. The predicted molar refractivity (Wildman–Crippen MR) is 52.8 cm³/mol. The molecular weight excluding hydrogens is 182 g/mol. The van der Waals surface area contributed by atoms with Crippen LogP contribution in [0.5, 0.6) is 5.75 Å². The van der Waals surface area contributed by atoms with E-state index in [9.17, 15) is 0 Å². The van der Waals surface area contributed by atoms with E-state index in [2.05, 4.69) is 10.5 Å². The Morgan fingerprint density at radius 1 is 1.14 bits per heavy atom. The van der Waals surface area contributed by atoms with E-state index in [-0.39, 0.29) is 0 Å². The molecule has 0 radical (unpaired) electrons. The van der Waals surface area contributed by atoms with E-state index in [1.807, 2.05) is 24.3 Å². The van der Waals surface area contributed by atoms with Crippen molar-refractivity contribution in [3.8, 4) is 5.75 Å². The van der Waals surface area contributed by atoms with Crippen molar-refractivity contribution in [3.63, 3.8) is 0 Å². The average Bonchev–Trinajstić information content (AvgIpc) is 2.25. The summed E-state index contributed by atoms with van der Waals surface area (Å²) in [5.74, 6) is 0.865. The monoisotopic (exact) mass is 197 g/mol. The number of benzene rings is 1. The van der Waals surface area contributed by atoms with Gasteiger partial charge in [-0.2, -0.15) is 0 Å². The fourth-order valence-corrected chi connectivity index (χ4v) is 1.06. The van der Waals surface area contributed by atoms with Gasteiger partial charge in [0.1, 0.15) is 5.75 Å². The molecule has 0 spiro atoms. The summed E-state index contributed by atoms with van der Waals surface area (Å²) >= 11 is 0. The first-order valence-electron chi connectivity index (χ1n) is 4.39. The molecule has 0 aliphatic carbocycles. The van der Waals surface area contributed by atoms with Gasteiger partial charge in [0.25, 0.3) is 0 Å². The van der Waals surface area contributed by atoms with Crippen LogP contribution >= 0.6 is 0 Å². The minimum atomic E-state index is 0.570. The Morgan fingerprint density at radius 3 is 2.43 bits per heavy atom. The van der Waals surface area contributed by atoms with Crippen LogP contribution in [-0.2, 0) is 16.1 Å². The second-order valence-electron chi connectivity index (χ2n) is 2.73. The summed E-state index contributed by atoms with van der Waals surface area (Å²) in [4.78, 5) is 9.46. The smallest absolute Gasteiger partial charge is 0.118 e. The molecule has 4 nitrogen and oxygen atoms in total. The van der Waals surface area contributed by atoms with Gasteiger partial charge in [0.2, 0.25) is 0 Å². The van der Waals surface area contributed by atoms with E-state index < -0.39 is 0 Å². The lowest BCUT2D eigenvalue weighted by atomic mass is 10.1. The van der Waals surface area contributed by atoms with Gasteiger partial charge in [-0.3, -0.25) is 9.68 Å². The number of methoxy groups -OCH3 is 1. The average molecular weight is 197 g/mol. The first kappa shape index (κ1) is 11.0. The third-order valence-electron chi connectivity index (χ3n) is 1.79. The summed E-state index contributed by atoms with van der Waals surface area (Å²) in [5.41, 5.74) is 3.51. The maximum atomic E-state index is 5.05. The van der Waals surface area contributed by atoms with Crippen molar-refractivity contribution in [3.05, 3.63) is 29.8 Å². The molecule has 0 amide bonds. The molecule has 1 N–H and O–H groups in total. The van der Waals surface area contributed by atoms with E-state index in [1.165, 1.54) is 12.7 Å². The molecule has 0 aliphatic heterocycles. The SMILES string of the molecule is CONOCCc1ccc(OC)cc1. The molecule has 0 aliphatic rings. The molecule has 0 saturated heterocycles. The van der Waals surface area contributed by atoms with Crippen LogP contribution in [0.15, 0.2) is 24.3 Å². The van der Waals surface area contributed by atoms with Gasteiger partial charge in [0.15, 0.2) is 0 Å². The number of rotatable bonds is 6. The van der Waals surface area contributed by atoms with E-state index in [0.717, 1.165) is 12.2 Å². The van der Waals surface area contributed by atoms with Crippen LogP contribution in [0.4, 0.5) is 0 Å². The van der Waals surface area contributed by atoms with Crippen LogP contribution in [-0.4, -0.2) is 20.8 Å². The highest BCUT2D eigenvalue weighted by Gasteiger charge is 1.94. The van der Waals surface area contributed by atoms with E-state index >= 15 is 0 Å². The van der Waals surface area contributed by atoms with Crippen LogP contribution in [0.25, 0.3) is 0 Å². The number of nitrogens with one attached hydrogen (secondary N) is 1. The highest BCUT2D eigenvalue weighted by Crippen LogP contribution is 2.11. The largest absolute Gasteiger partial charge is 0.497 e. The molecule has 0 fully saturated rings. The van der Waals surface area contributed by atoms with E-state index in [0.29, 0.717) is 6.61 Å². The van der Waals surface area contributed by atoms with Crippen molar-refractivity contribution in [2.24, 2.45) is 0 Å². The molecule has 4 heteroatoms. The molecule has 78 valence electrons. The first-order valence-corrected chi connectivity index (χ1v) is 4.39. The van der Waals surface area contributed by atoms with Crippen molar-refractivity contribution < 1.29 is 14.4 Å². The highest BCUT2D eigenvalue weighted by molar-refractivity contribution is 5.27. The predicted octanol–water partition coefficient (Wildman–Crippen LogP) is 1.32. The zero-order valence-corrected chi connectivity index (χ0v) is 8.45. The van der Waals surface area contributed by atoms with Crippen LogP contribution in [0, 0.1) is 0 Å². The highest BCUT2D eigenvalue weighted by atomic mass is 16.9. The standard InChI is InChI=1S/C10H15NO3/c1-12-10-5-3-9(4-6-10)7-8-14-11-13-2/h3-6,11H,7-8H2,1-2H3. The summed E-state index contributed by atoms with van der Waals surface area (Å²) in [5, 5.41) is 0. The zero-order chi connectivity index (χ0) is 10.2. The normalized spacial score (nSPS) is 10.1.